The normalized spacial score (nSPS) is 18.8. The van der Waals surface area contributed by atoms with Crippen LogP contribution in [0.5, 0.6) is 5.75 Å². The van der Waals surface area contributed by atoms with Gasteiger partial charge in [0.25, 0.3) is 5.91 Å². The lowest BCUT2D eigenvalue weighted by atomic mass is 10.1. The Labute approximate surface area is 134 Å². The van der Waals surface area contributed by atoms with Crippen molar-refractivity contribution in [2.24, 2.45) is 5.92 Å². The van der Waals surface area contributed by atoms with Crippen LogP contribution in [-0.4, -0.2) is 18.4 Å². The van der Waals surface area contributed by atoms with Crippen LogP contribution >= 0.6 is 0 Å². The summed E-state index contributed by atoms with van der Waals surface area (Å²) in [5, 5.41) is 0. The number of rotatable bonds is 5. The third kappa shape index (κ3) is 4.10. The van der Waals surface area contributed by atoms with Crippen LogP contribution in [-0.2, 0) is 9.59 Å². The smallest absolute Gasteiger partial charge is 0.276 e. The zero-order valence-corrected chi connectivity index (χ0v) is 12.6. The highest BCUT2D eigenvalue weighted by molar-refractivity contribution is 5.86. The van der Waals surface area contributed by atoms with Crippen molar-refractivity contribution in [1.29, 1.82) is 0 Å². The molecule has 0 aliphatic heterocycles. The summed E-state index contributed by atoms with van der Waals surface area (Å²) in [6, 6.07) is 19.0. The Bertz CT molecular complexity index is 673. The molecular weight excluding hydrogens is 292 g/mol. The SMILES string of the molecule is O=C(COc1ccccc1)NNC(=O)[C@@H]1C[C@@H]1c1ccccc1. The molecule has 2 aromatic carbocycles. The Morgan fingerprint density at radius 2 is 1.61 bits per heavy atom. The van der Waals surface area contributed by atoms with E-state index in [1.54, 1.807) is 12.1 Å². The van der Waals surface area contributed by atoms with E-state index in [4.69, 9.17) is 4.74 Å². The van der Waals surface area contributed by atoms with Gasteiger partial charge in [-0.1, -0.05) is 48.5 Å². The number of carbonyl (C=O) groups excluding carboxylic acids is 2. The minimum Gasteiger partial charge on any atom is -0.484 e. The van der Waals surface area contributed by atoms with Crippen molar-refractivity contribution >= 4 is 11.8 Å². The molecule has 0 bridgehead atoms. The minimum absolute atomic E-state index is 0.0762. The second kappa shape index (κ2) is 6.96. The molecule has 0 saturated heterocycles. The van der Waals surface area contributed by atoms with Crippen molar-refractivity contribution in [1.82, 2.24) is 10.9 Å². The van der Waals surface area contributed by atoms with Gasteiger partial charge in [-0.3, -0.25) is 20.4 Å². The molecule has 118 valence electrons. The first-order valence-electron chi connectivity index (χ1n) is 7.55. The number of hydrazine groups is 1. The molecule has 5 heteroatoms. The van der Waals surface area contributed by atoms with Crippen molar-refractivity contribution in [3.63, 3.8) is 0 Å². The fourth-order valence-corrected chi connectivity index (χ4v) is 2.48. The second-order valence-electron chi connectivity index (χ2n) is 5.50. The van der Waals surface area contributed by atoms with Gasteiger partial charge in [-0.2, -0.15) is 0 Å². The summed E-state index contributed by atoms with van der Waals surface area (Å²) in [6.07, 6.45) is 0.812. The number of amides is 2. The first kappa shape index (κ1) is 15.1. The van der Waals surface area contributed by atoms with Crippen molar-refractivity contribution < 1.29 is 14.3 Å². The molecule has 1 aliphatic carbocycles. The third-order valence-electron chi connectivity index (χ3n) is 3.79. The van der Waals surface area contributed by atoms with E-state index < -0.39 is 0 Å². The number of hydrogen-bond acceptors (Lipinski definition) is 3. The van der Waals surface area contributed by atoms with E-state index in [0.717, 1.165) is 12.0 Å². The monoisotopic (exact) mass is 310 g/mol. The molecule has 2 amide bonds. The van der Waals surface area contributed by atoms with Crippen molar-refractivity contribution in [2.75, 3.05) is 6.61 Å². The summed E-state index contributed by atoms with van der Waals surface area (Å²) in [7, 11) is 0. The van der Waals surface area contributed by atoms with Crippen LogP contribution in [0, 0.1) is 5.92 Å². The predicted molar refractivity (Wildman–Crippen MR) is 85.5 cm³/mol. The van der Waals surface area contributed by atoms with Gasteiger partial charge in [0.05, 0.1) is 0 Å². The van der Waals surface area contributed by atoms with Crippen molar-refractivity contribution in [3.05, 3.63) is 66.2 Å². The molecule has 0 radical (unpaired) electrons. The summed E-state index contributed by atoms with van der Waals surface area (Å²) in [5.74, 6) is 0.229. The molecule has 1 fully saturated rings. The van der Waals surface area contributed by atoms with Gasteiger partial charge in [0.2, 0.25) is 5.91 Å². The summed E-state index contributed by atoms with van der Waals surface area (Å²) < 4.78 is 5.30. The third-order valence-corrected chi connectivity index (χ3v) is 3.79. The lowest BCUT2D eigenvalue weighted by Crippen LogP contribution is -2.44. The Morgan fingerprint density at radius 1 is 0.957 bits per heavy atom. The van der Waals surface area contributed by atoms with Crippen LogP contribution in [0.15, 0.2) is 60.7 Å². The molecular formula is C18H18N2O3. The highest BCUT2D eigenvalue weighted by Crippen LogP contribution is 2.47. The fraction of sp³-hybridized carbons (Fsp3) is 0.222. The maximum Gasteiger partial charge on any atom is 0.276 e. The number of ether oxygens (including phenoxy) is 1. The van der Waals surface area contributed by atoms with E-state index >= 15 is 0 Å². The Balaban J connectivity index is 1.39. The number of carbonyl (C=O) groups is 2. The van der Waals surface area contributed by atoms with Gasteiger partial charge in [0, 0.05) is 5.92 Å². The van der Waals surface area contributed by atoms with Gasteiger partial charge in [0.15, 0.2) is 6.61 Å². The molecule has 2 N–H and O–H groups in total. The highest BCUT2D eigenvalue weighted by Gasteiger charge is 2.43. The Morgan fingerprint density at radius 3 is 2.30 bits per heavy atom. The Kier molecular flexibility index (Phi) is 4.57. The molecule has 5 nitrogen and oxygen atoms in total. The van der Waals surface area contributed by atoms with Crippen LogP contribution in [0.4, 0.5) is 0 Å². The summed E-state index contributed by atoms with van der Waals surface area (Å²) in [5.41, 5.74) is 6.00. The van der Waals surface area contributed by atoms with E-state index in [0.29, 0.717) is 5.75 Å². The topological polar surface area (TPSA) is 67.4 Å². The van der Waals surface area contributed by atoms with E-state index in [1.165, 1.54) is 0 Å². The number of nitrogens with one attached hydrogen (secondary N) is 2. The van der Waals surface area contributed by atoms with E-state index in [9.17, 15) is 9.59 Å². The minimum atomic E-state index is -0.390. The average molecular weight is 310 g/mol. The predicted octanol–water partition coefficient (Wildman–Crippen LogP) is 2.02. The zero-order valence-electron chi connectivity index (χ0n) is 12.6. The first-order valence-corrected chi connectivity index (χ1v) is 7.55. The molecule has 0 aromatic heterocycles. The standard InChI is InChI=1S/C18H18N2O3/c21-17(12-23-14-9-5-2-6-10-14)19-20-18(22)16-11-15(16)13-7-3-1-4-8-13/h1-10,15-16H,11-12H2,(H,19,21)(H,20,22)/t15-,16-/m1/s1. The Hall–Kier alpha value is -2.82. The number of hydrogen-bond donors (Lipinski definition) is 2. The lowest BCUT2D eigenvalue weighted by molar-refractivity contribution is -0.130. The van der Waals surface area contributed by atoms with Crippen molar-refractivity contribution in [2.45, 2.75) is 12.3 Å². The van der Waals surface area contributed by atoms with Crippen LogP contribution in [0.1, 0.15) is 17.9 Å². The molecule has 2 aromatic rings. The molecule has 1 aliphatic rings. The van der Waals surface area contributed by atoms with Gasteiger partial charge >= 0.3 is 0 Å². The molecule has 0 heterocycles. The lowest BCUT2D eigenvalue weighted by Gasteiger charge is -2.08. The highest BCUT2D eigenvalue weighted by atomic mass is 16.5. The van der Waals surface area contributed by atoms with Gasteiger partial charge in [-0.25, -0.2) is 0 Å². The molecule has 1 saturated carbocycles. The molecule has 0 spiro atoms. The number of benzene rings is 2. The molecule has 3 rings (SSSR count). The average Bonchev–Trinajstić information content (AvgIpc) is 3.40. The zero-order chi connectivity index (χ0) is 16.1. The van der Waals surface area contributed by atoms with Crippen LogP contribution in [0.2, 0.25) is 0 Å². The fourth-order valence-electron chi connectivity index (χ4n) is 2.48. The molecule has 23 heavy (non-hydrogen) atoms. The van der Waals surface area contributed by atoms with Crippen LogP contribution in [0.3, 0.4) is 0 Å². The van der Waals surface area contributed by atoms with Gasteiger partial charge in [0.1, 0.15) is 5.75 Å². The van der Waals surface area contributed by atoms with E-state index in [-0.39, 0.29) is 30.3 Å². The van der Waals surface area contributed by atoms with E-state index in [1.807, 2.05) is 48.5 Å². The van der Waals surface area contributed by atoms with E-state index in [2.05, 4.69) is 10.9 Å². The molecule has 2 atom stereocenters. The number of para-hydroxylation sites is 1. The first-order chi connectivity index (χ1) is 11.2. The van der Waals surface area contributed by atoms with Crippen LogP contribution < -0.4 is 15.6 Å². The van der Waals surface area contributed by atoms with Gasteiger partial charge in [-0.05, 0) is 30.0 Å². The summed E-state index contributed by atoms with van der Waals surface area (Å²) in [6.45, 7) is -0.142. The van der Waals surface area contributed by atoms with Gasteiger partial charge < -0.3 is 4.74 Å². The summed E-state index contributed by atoms with van der Waals surface area (Å²) in [4.78, 5) is 23.7. The van der Waals surface area contributed by atoms with Crippen LogP contribution in [0.25, 0.3) is 0 Å². The quantitative estimate of drug-likeness (QED) is 0.830. The maximum absolute atomic E-state index is 12.0. The summed E-state index contributed by atoms with van der Waals surface area (Å²) >= 11 is 0. The second-order valence-corrected chi connectivity index (χ2v) is 5.50. The van der Waals surface area contributed by atoms with Crippen molar-refractivity contribution in [3.8, 4) is 5.75 Å². The van der Waals surface area contributed by atoms with Gasteiger partial charge in [-0.15, -0.1) is 0 Å². The largest absolute Gasteiger partial charge is 0.484 e. The maximum atomic E-state index is 12.0. The molecule has 0 unspecified atom stereocenters.